The second kappa shape index (κ2) is 8.02. The van der Waals surface area contributed by atoms with Crippen LogP contribution < -0.4 is 4.74 Å². The molecule has 0 aliphatic rings. The highest BCUT2D eigenvalue weighted by Crippen LogP contribution is 2.24. The van der Waals surface area contributed by atoms with Gasteiger partial charge in [-0.15, -0.1) is 0 Å². The molecule has 1 atom stereocenters. The van der Waals surface area contributed by atoms with E-state index in [2.05, 4.69) is 15.9 Å². The van der Waals surface area contributed by atoms with Crippen LogP contribution in [-0.4, -0.2) is 41.6 Å². The topological polar surface area (TPSA) is 66.8 Å². The highest BCUT2D eigenvalue weighted by atomic mass is 79.9. The van der Waals surface area contributed by atoms with E-state index in [1.54, 1.807) is 13.2 Å². The predicted molar refractivity (Wildman–Crippen MR) is 83.5 cm³/mol. The first-order valence-electron chi connectivity index (χ1n) is 6.72. The van der Waals surface area contributed by atoms with Crippen molar-refractivity contribution < 1.29 is 19.4 Å². The molecule has 116 valence electrons. The van der Waals surface area contributed by atoms with Gasteiger partial charge in [0.2, 0.25) is 5.91 Å². The lowest BCUT2D eigenvalue weighted by Crippen LogP contribution is -2.42. The maximum absolute atomic E-state index is 12.4. The Morgan fingerprint density at radius 3 is 2.62 bits per heavy atom. The molecule has 21 heavy (non-hydrogen) atoms. The van der Waals surface area contributed by atoms with Crippen LogP contribution in [0.1, 0.15) is 25.8 Å². The molecule has 1 aromatic rings. The van der Waals surface area contributed by atoms with Gasteiger partial charge in [0.25, 0.3) is 0 Å². The predicted octanol–water partition coefficient (Wildman–Crippen LogP) is 2.71. The smallest absolute Gasteiger partial charge is 0.323 e. The highest BCUT2D eigenvalue weighted by Gasteiger charge is 2.22. The number of rotatable bonds is 7. The summed E-state index contributed by atoms with van der Waals surface area (Å²) in [5.74, 6) is -0.612. The second-order valence-electron chi connectivity index (χ2n) is 4.81. The molecule has 0 saturated heterocycles. The second-order valence-corrected chi connectivity index (χ2v) is 5.72. The number of ether oxygens (including phenoxy) is 1. The third-order valence-electron chi connectivity index (χ3n) is 3.33. The number of benzene rings is 1. The van der Waals surface area contributed by atoms with E-state index in [1.807, 2.05) is 26.0 Å². The number of aliphatic carboxylic acids is 1. The van der Waals surface area contributed by atoms with E-state index in [0.717, 1.165) is 10.0 Å². The molecule has 1 unspecified atom stereocenters. The SMILES string of the molecule is CCC(C)N(CC(=O)O)C(=O)Cc1cc(Br)ccc1OC. The van der Waals surface area contributed by atoms with E-state index >= 15 is 0 Å². The van der Waals surface area contributed by atoms with Gasteiger partial charge < -0.3 is 14.7 Å². The van der Waals surface area contributed by atoms with Crippen molar-refractivity contribution >= 4 is 27.8 Å². The zero-order valence-corrected chi connectivity index (χ0v) is 14.0. The molecule has 6 heteroatoms. The van der Waals surface area contributed by atoms with Crippen molar-refractivity contribution in [2.75, 3.05) is 13.7 Å². The number of hydrogen-bond donors (Lipinski definition) is 1. The van der Waals surface area contributed by atoms with Crippen molar-refractivity contribution in [1.82, 2.24) is 4.90 Å². The Bertz CT molecular complexity index is 518. The van der Waals surface area contributed by atoms with Crippen LogP contribution in [0, 0.1) is 0 Å². The van der Waals surface area contributed by atoms with Gasteiger partial charge in [0.05, 0.1) is 13.5 Å². The third kappa shape index (κ3) is 5.04. The Balaban J connectivity index is 2.95. The first kappa shape index (κ1) is 17.5. The molecule has 0 fully saturated rings. The summed E-state index contributed by atoms with van der Waals surface area (Å²) in [5.41, 5.74) is 0.732. The third-order valence-corrected chi connectivity index (χ3v) is 3.83. The molecule has 0 heterocycles. The Morgan fingerprint density at radius 1 is 1.43 bits per heavy atom. The first-order valence-corrected chi connectivity index (χ1v) is 7.52. The summed E-state index contributed by atoms with van der Waals surface area (Å²) in [6.45, 7) is 3.48. The molecule has 1 rings (SSSR count). The molecular formula is C15H20BrNO4. The zero-order valence-electron chi connectivity index (χ0n) is 12.4. The number of carbonyl (C=O) groups is 2. The molecule has 0 aliphatic heterocycles. The fraction of sp³-hybridized carbons (Fsp3) is 0.467. The van der Waals surface area contributed by atoms with Gasteiger partial charge in [0.15, 0.2) is 0 Å². The quantitative estimate of drug-likeness (QED) is 0.814. The van der Waals surface area contributed by atoms with Gasteiger partial charge >= 0.3 is 5.97 Å². The Morgan fingerprint density at radius 2 is 2.10 bits per heavy atom. The average Bonchev–Trinajstić information content (AvgIpc) is 2.44. The van der Waals surface area contributed by atoms with Crippen LogP contribution >= 0.6 is 15.9 Å². The van der Waals surface area contributed by atoms with Crippen molar-refractivity contribution in [3.05, 3.63) is 28.2 Å². The van der Waals surface area contributed by atoms with E-state index < -0.39 is 5.97 Å². The molecule has 1 N–H and O–H groups in total. The van der Waals surface area contributed by atoms with Crippen molar-refractivity contribution in [1.29, 1.82) is 0 Å². The van der Waals surface area contributed by atoms with Crippen LogP contribution in [0.15, 0.2) is 22.7 Å². The summed E-state index contributed by atoms with van der Waals surface area (Å²) < 4.78 is 6.09. The normalized spacial score (nSPS) is 11.8. The van der Waals surface area contributed by atoms with Gasteiger partial charge in [0.1, 0.15) is 12.3 Å². The zero-order chi connectivity index (χ0) is 16.0. The van der Waals surface area contributed by atoms with E-state index in [9.17, 15) is 9.59 Å². The van der Waals surface area contributed by atoms with Crippen LogP contribution in [0.25, 0.3) is 0 Å². The number of hydrogen-bond acceptors (Lipinski definition) is 3. The summed E-state index contributed by atoms with van der Waals surface area (Å²) in [7, 11) is 1.54. The number of carboxylic acids is 1. The lowest BCUT2D eigenvalue weighted by Gasteiger charge is -2.27. The minimum Gasteiger partial charge on any atom is -0.496 e. The van der Waals surface area contributed by atoms with Gasteiger partial charge in [-0.25, -0.2) is 0 Å². The highest BCUT2D eigenvalue weighted by molar-refractivity contribution is 9.10. The van der Waals surface area contributed by atoms with Crippen LogP contribution in [-0.2, 0) is 16.0 Å². The lowest BCUT2D eigenvalue weighted by atomic mass is 10.1. The number of nitrogens with zero attached hydrogens (tertiary/aromatic N) is 1. The Kier molecular flexibility index (Phi) is 6.68. The summed E-state index contributed by atoms with van der Waals surface area (Å²) >= 11 is 3.36. The van der Waals surface area contributed by atoms with Crippen LogP contribution in [0.3, 0.4) is 0 Å². The van der Waals surface area contributed by atoms with Gasteiger partial charge in [-0.05, 0) is 31.5 Å². The Labute approximate surface area is 133 Å². The molecule has 0 aromatic heterocycles. The number of halogens is 1. The number of carbonyl (C=O) groups excluding carboxylic acids is 1. The van der Waals surface area contributed by atoms with Crippen LogP contribution in [0.2, 0.25) is 0 Å². The van der Waals surface area contributed by atoms with Gasteiger partial charge in [0, 0.05) is 16.1 Å². The molecule has 0 bridgehead atoms. The molecule has 0 radical (unpaired) electrons. The number of carboxylic acid groups (broad SMARTS) is 1. The fourth-order valence-corrected chi connectivity index (χ4v) is 2.41. The minimum absolute atomic E-state index is 0.111. The Hall–Kier alpha value is -1.56. The summed E-state index contributed by atoms with van der Waals surface area (Å²) in [6, 6.07) is 5.30. The molecule has 0 aliphatic carbocycles. The van der Waals surface area contributed by atoms with Crippen LogP contribution in [0.5, 0.6) is 5.75 Å². The van der Waals surface area contributed by atoms with Crippen molar-refractivity contribution in [2.45, 2.75) is 32.7 Å². The number of methoxy groups -OCH3 is 1. The molecular weight excluding hydrogens is 338 g/mol. The van der Waals surface area contributed by atoms with E-state index in [1.165, 1.54) is 4.90 Å². The van der Waals surface area contributed by atoms with Crippen molar-refractivity contribution in [2.24, 2.45) is 0 Å². The maximum atomic E-state index is 12.4. The largest absolute Gasteiger partial charge is 0.496 e. The van der Waals surface area contributed by atoms with E-state index in [4.69, 9.17) is 9.84 Å². The summed E-state index contributed by atoms with van der Waals surface area (Å²) in [5, 5.41) is 8.96. The van der Waals surface area contributed by atoms with Gasteiger partial charge in [-0.1, -0.05) is 22.9 Å². The van der Waals surface area contributed by atoms with Crippen LogP contribution in [0.4, 0.5) is 0 Å². The summed E-state index contributed by atoms with van der Waals surface area (Å²) in [4.78, 5) is 24.7. The molecule has 1 amide bonds. The van der Waals surface area contributed by atoms with Gasteiger partial charge in [-0.2, -0.15) is 0 Å². The van der Waals surface area contributed by atoms with Crippen molar-refractivity contribution in [3.63, 3.8) is 0 Å². The van der Waals surface area contributed by atoms with E-state index in [0.29, 0.717) is 12.2 Å². The minimum atomic E-state index is -1.01. The van der Waals surface area contributed by atoms with Crippen molar-refractivity contribution in [3.8, 4) is 5.75 Å². The average molecular weight is 358 g/mol. The molecule has 1 aromatic carbocycles. The monoisotopic (exact) mass is 357 g/mol. The molecule has 0 saturated carbocycles. The lowest BCUT2D eigenvalue weighted by molar-refractivity contribution is -0.145. The number of amides is 1. The maximum Gasteiger partial charge on any atom is 0.323 e. The molecule has 0 spiro atoms. The van der Waals surface area contributed by atoms with Gasteiger partial charge in [-0.3, -0.25) is 9.59 Å². The first-order chi connectivity index (χ1) is 9.88. The summed E-state index contributed by atoms with van der Waals surface area (Å²) in [6.07, 6.45) is 0.814. The van der Waals surface area contributed by atoms with E-state index in [-0.39, 0.29) is 24.9 Å². The molecule has 5 nitrogen and oxygen atoms in total. The fourth-order valence-electron chi connectivity index (χ4n) is 2.01. The standard InChI is InChI=1S/C15H20BrNO4/c1-4-10(2)17(9-15(19)20)14(18)8-11-7-12(16)5-6-13(11)21-3/h5-7,10H,4,8-9H2,1-3H3,(H,19,20).